The summed E-state index contributed by atoms with van der Waals surface area (Å²) < 4.78 is 103. The lowest BCUT2D eigenvalue weighted by molar-refractivity contribution is -0.258. The number of nitrogens with zero attached hydrogens (tertiary/aromatic N) is 8. The Morgan fingerprint density at radius 1 is 0.687 bits per heavy atom. The van der Waals surface area contributed by atoms with Crippen LogP contribution in [0.25, 0.3) is 33.7 Å². The molecule has 3 N–H and O–H groups in total. The highest BCUT2D eigenvalue weighted by Crippen LogP contribution is 2.39. The molecule has 1 atom stereocenters. The molecule has 0 radical (unpaired) electrons. The number of fused-ring (bicyclic) bond motifs is 2. The molecular weight excluding hydrogens is 961 g/mol. The summed E-state index contributed by atoms with van der Waals surface area (Å²) in [5.74, 6) is -0.145. The van der Waals surface area contributed by atoms with E-state index in [2.05, 4.69) is 40.0 Å². The largest absolute Gasteiger partial charge is 0.421 e. The first-order chi connectivity index (χ1) is 31.7. The number of Topliss-reactive ketones (excluding diaryl/α,β-unsaturated/α-hetero) is 1. The van der Waals surface area contributed by atoms with Crippen molar-refractivity contribution in [3.05, 3.63) is 143 Å². The van der Waals surface area contributed by atoms with Crippen LogP contribution in [0.5, 0.6) is 0 Å². The van der Waals surface area contributed by atoms with Crippen molar-refractivity contribution in [2.24, 2.45) is 0 Å². The van der Waals surface area contributed by atoms with Crippen LogP contribution >= 0.6 is 23.2 Å². The molecule has 1 fully saturated rings. The third kappa shape index (κ3) is 11.0. The van der Waals surface area contributed by atoms with Crippen molar-refractivity contribution in [2.45, 2.75) is 48.3 Å². The number of alkyl halides is 3. The van der Waals surface area contributed by atoms with Gasteiger partial charge in [0.2, 0.25) is 11.3 Å². The van der Waals surface area contributed by atoms with Gasteiger partial charge in [-0.15, -0.1) is 10.2 Å². The molecule has 8 aromatic rings. The number of carbonyl (C=O) groups excluding carboxylic acids is 1. The number of nitrogens with one attached hydrogen (secondary N) is 2. The molecule has 4 aromatic carbocycles. The van der Waals surface area contributed by atoms with Crippen LogP contribution in [0, 0.1) is 0 Å². The van der Waals surface area contributed by atoms with Crippen molar-refractivity contribution < 1.29 is 44.6 Å². The number of anilines is 2. The SMILES string of the molecule is C1CCOC1.CC(=O)c1ccc(S(=O)(=O)Nc2ccc(Cl)cc2-n2nnc3ncccc32)cc1.CC(O)(c1ccc(S(=O)(=O)Nc2ccc(Cl)cc2-n2nnc3ncccc32)cc1)C(F)(F)F. The number of ether oxygens (including phenoxy) is 1. The van der Waals surface area contributed by atoms with Gasteiger partial charge in [-0.2, -0.15) is 13.2 Å². The van der Waals surface area contributed by atoms with E-state index in [4.69, 9.17) is 27.9 Å². The van der Waals surface area contributed by atoms with E-state index in [9.17, 15) is 39.9 Å². The van der Waals surface area contributed by atoms with E-state index in [-0.39, 0.29) is 32.6 Å². The second-order valence-corrected chi connectivity index (χ2v) is 19.0. The first-order valence-electron chi connectivity index (χ1n) is 19.8. The highest BCUT2D eigenvalue weighted by molar-refractivity contribution is 7.93. The molecule has 24 heteroatoms. The summed E-state index contributed by atoms with van der Waals surface area (Å²) in [6.45, 7) is 4.01. The predicted octanol–water partition coefficient (Wildman–Crippen LogP) is 8.31. The van der Waals surface area contributed by atoms with E-state index in [0.717, 1.165) is 37.5 Å². The average molecular weight is 998 g/mol. The molecule has 1 aliphatic heterocycles. The van der Waals surface area contributed by atoms with Gasteiger partial charge in [-0.05, 0) is 117 Å². The zero-order chi connectivity index (χ0) is 48.1. The molecule has 0 spiro atoms. The fourth-order valence-corrected chi connectivity index (χ4v) is 8.81. The number of benzene rings is 4. The molecular formula is C43H37Cl2F3N10O7S2. The molecule has 5 heterocycles. The topological polar surface area (TPSA) is 226 Å². The smallest absolute Gasteiger partial charge is 0.381 e. The van der Waals surface area contributed by atoms with Crippen LogP contribution < -0.4 is 9.44 Å². The van der Waals surface area contributed by atoms with Gasteiger partial charge in [0.05, 0.1) is 32.5 Å². The second kappa shape index (κ2) is 19.7. The molecule has 67 heavy (non-hydrogen) atoms. The van der Waals surface area contributed by atoms with Crippen LogP contribution in [0.3, 0.4) is 0 Å². The average Bonchev–Trinajstić information content (AvgIpc) is 4.11. The number of ketones is 1. The number of aliphatic hydroxyl groups is 1. The number of aromatic nitrogens is 8. The fourth-order valence-electron chi connectivity index (χ4n) is 6.33. The first kappa shape index (κ1) is 48.4. The molecule has 0 amide bonds. The first-order valence-corrected chi connectivity index (χ1v) is 23.5. The van der Waals surface area contributed by atoms with Crippen molar-refractivity contribution in [2.75, 3.05) is 22.7 Å². The van der Waals surface area contributed by atoms with Crippen molar-refractivity contribution in [3.8, 4) is 11.4 Å². The van der Waals surface area contributed by atoms with Crippen molar-refractivity contribution >= 4 is 82.7 Å². The monoisotopic (exact) mass is 996 g/mol. The van der Waals surface area contributed by atoms with Crippen molar-refractivity contribution in [1.29, 1.82) is 0 Å². The number of carbonyl (C=O) groups is 1. The number of hydrogen-bond acceptors (Lipinski definition) is 13. The Labute approximate surface area is 390 Å². The maximum absolute atomic E-state index is 13.1. The van der Waals surface area contributed by atoms with Gasteiger partial charge in [0, 0.05) is 41.2 Å². The molecule has 0 aliphatic carbocycles. The van der Waals surface area contributed by atoms with E-state index in [1.165, 1.54) is 77.8 Å². The molecule has 4 aromatic heterocycles. The van der Waals surface area contributed by atoms with Gasteiger partial charge in [-0.25, -0.2) is 36.2 Å². The van der Waals surface area contributed by atoms with Gasteiger partial charge in [-0.3, -0.25) is 14.2 Å². The van der Waals surface area contributed by atoms with E-state index in [1.807, 2.05) is 0 Å². The second-order valence-electron chi connectivity index (χ2n) is 14.7. The summed E-state index contributed by atoms with van der Waals surface area (Å²) in [7, 11) is -8.14. The summed E-state index contributed by atoms with van der Waals surface area (Å²) in [5, 5.41) is 26.5. The van der Waals surface area contributed by atoms with E-state index in [1.54, 1.807) is 48.7 Å². The number of sulfonamides is 2. The fraction of sp³-hybridized carbons (Fsp3) is 0.186. The zero-order valence-corrected chi connectivity index (χ0v) is 38.2. The Morgan fingerprint density at radius 2 is 1.12 bits per heavy atom. The quantitative estimate of drug-likeness (QED) is 0.110. The summed E-state index contributed by atoms with van der Waals surface area (Å²) in [4.78, 5) is 19.3. The molecule has 1 unspecified atom stereocenters. The maximum Gasteiger partial charge on any atom is 0.421 e. The molecule has 0 saturated carbocycles. The molecule has 1 aliphatic rings. The normalized spacial score (nSPS) is 13.8. The van der Waals surface area contributed by atoms with Gasteiger partial charge >= 0.3 is 6.18 Å². The van der Waals surface area contributed by atoms with Crippen molar-refractivity contribution in [1.82, 2.24) is 40.0 Å². The van der Waals surface area contributed by atoms with Crippen LogP contribution in [-0.2, 0) is 30.4 Å². The Kier molecular flexibility index (Phi) is 14.2. The third-order valence-electron chi connectivity index (χ3n) is 9.99. The lowest BCUT2D eigenvalue weighted by Crippen LogP contribution is -2.39. The summed E-state index contributed by atoms with van der Waals surface area (Å²) in [6, 6.07) is 25.3. The lowest BCUT2D eigenvalue weighted by Gasteiger charge is -2.26. The van der Waals surface area contributed by atoms with E-state index >= 15 is 0 Å². The molecule has 9 rings (SSSR count). The van der Waals surface area contributed by atoms with E-state index in [0.29, 0.717) is 50.5 Å². The van der Waals surface area contributed by atoms with Gasteiger partial charge in [0.15, 0.2) is 11.4 Å². The highest BCUT2D eigenvalue weighted by Gasteiger charge is 2.51. The van der Waals surface area contributed by atoms with Gasteiger partial charge in [0.25, 0.3) is 20.0 Å². The van der Waals surface area contributed by atoms with Crippen LogP contribution in [0.2, 0.25) is 10.0 Å². The van der Waals surface area contributed by atoms with Gasteiger partial charge < -0.3 is 9.84 Å². The molecule has 17 nitrogen and oxygen atoms in total. The van der Waals surface area contributed by atoms with Gasteiger partial charge in [0.1, 0.15) is 11.0 Å². The Morgan fingerprint density at radius 3 is 1.51 bits per heavy atom. The Balaban J connectivity index is 0.000000181. The van der Waals surface area contributed by atoms with Gasteiger partial charge in [-0.1, -0.05) is 57.9 Å². The third-order valence-corrected chi connectivity index (χ3v) is 13.2. The molecule has 1 saturated heterocycles. The summed E-state index contributed by atoms with van der Waals surface area (Å²) >= 11 is 12.2. The maximum atomic E-state index is 13.1. The Bertz CT molecular complexity index is 3290. The lowest BCUT2D eigenvalue weighted by atomic mass is 9.96. The minimum absolute atomic E-state index is 0.0218. The summed E-state index contributed by atoms with van der Waals surface area (Å²) in [5.41, 5.74) is -0.328. The standard InChI is InChI=1S/C20H15ClF3N5O3S.C19H14ClN5O3S.C4H8O/c1-19(30,20(22,23)24)12-4-7-14(8-5-12)33(31,32)27-15-9-6-13(21)11-17(15)29-16-3-2-10-25-18(16)26-28-29;1-12(26)13-4-7-15(8-5-13)29(27,28)23-16-9-6-14(20)11-18(16)25-17-3-2-10-21-19(17)22-24-25;1-2-4-5-3-1/h2-11,27,30H,1H3;2-11,23H,1H3;1-4H2. The van der Waals surface area contributed by atoms with Crippen LogP contribution in [0.4, 0.5) is 24.5 Å². The Hall–Kier alpha value is -6.56. The zero-order valence-electron chi connectivity index (χ0n) is 35.1. The van der Waals surface area contributed by atoms with Crippen molar-refractivity contribution in [3.63, 3.8) is 0 Å². The van der Waals surface area contributed by atoms with Crippen LogP contribution in [0.15, 0.2) is 131 Å². The number of pyridine rings is 2. The number of halogens is 5. The highest BCUT2D eigenvalue weighted by atomic mass is 35.5. The van der Waals surface area contributed by atoms with Crippen LogP contribution in [0.1, 0.15) is 42.6 Å². The summed E-state index contributed by atoms with van der Waals surface area (Å²) in [6.07, 6.45) is 0.746. The molecule has 348 valence electrons. The minimum Gasteiger partial charge on any atom is -0.381 e. The van der Waals surface area contributed by atoms with E-state index < -0.39 is 37.4 Å². The van der Waals surface area contributed by atoms with Crippen LogP contribution in [-0.4, -0.2) is 87.1 Å². The number of hydrogen-bond donors (Lipinski definition) is 3. The minimum atomic E-state index is -4.93. The molecule has 0 bridgehead atoms. The number of rotatable bonds is 10. The predicted molar refractivity (Wildman–Crippen MR) is 244 cm³/mol.